The first kappa shape index (κ1) is 22.0. The highest BCUT2D eigenvalue weighted by Gasteiger charge is 2.22. The third-order valence-corrected chi connectivity index (χ3v) is 6.00. The molecule has 1 amide bonds. The number of rotatable bonds is 5. The molecule has 2 heterocycles. The summed E-state index contributed by atoms with van der Waals surface area (Å²) in [5, 5.41) is 0. The maximum absolute atomic E-state index is 13.2. The van der Waals surface area contributed by atoms with E-state index < -0.39 is 5.97 Å². The third kappa shape index (κ3) is 5.44. The minimum Gasteiger partial charge on any atom is -0.463 e. The number of hydrogen-bond acceptors (Lipinski definition) is 5. The molecule has 160 valence electrons. The average Bonchev–Trinajstić information content (AvgIpc) is 2.98. The van der Waals surface area contributed by atoms with E-state index in [9.17, 15) is 18.8 Å². The highest BCUT2D eigenvalue weighted by atomic mass is 32.1. The first-order chi connectivity index (χ1) is 14.4. The lowest BCUT2D eigenvalue weighted by Crippen LogP contribution is -2.44. The number of carbonyl (C=O) groups excluding carboxylic acids is 2. The fourth-order valence-electron chi connectivity index (χ4n) is 3.44. The summed E-state index contributed by atoms with van der Waals surface area (Å²) in [4.78, 5) is 39.6. The zero-order valence-corrected chi connectivity index (χ0v) is 17.9. The SMILES string of the molecule is CCOC(=O)/C=c1\s/c(=C\c2ccc(F)cc2)c(=O)n1CC(=O)N1CCCC(C)C1. The second-order valence-corrected chi connectivity index (χ2v) is 8.44. The molecule has 1 unspecified atom stereocenters. The van der Waals surface area contributed by atoms with E-state index in [0.717, 1.165) is 24.2 Å². The van der Waals surface area contributed by atoms with Crippen LogP contribution in [-0.2, 0) is 20.9 Å². The molecule has 1 atom stereocenters. The quantitative estimate of drug-likeness (QED) is 0.672. The van der Waals surface area contributed by atoms with Crippen molar-refractivity contribution in [3.8, 4) is 0 Å². The molecule has 0 N–H and O–H groups in total. The first-order valence-corrected chi connectivity index (χ1v) is 10.8. The minimum absolute atomic E-state index is 0.134. The van der Waals surface area contributed by atoms with Gasteiger partial charge in [0.1, 0.15) is 17.0 Å². The highest BCUT2D eigenvalue weighted by molar-refractivity contribution is 7.07. The van der Waals surface area contributed by atoms with Gasteiger partial charge in [0.05, 0.1) is 17.2 Å². The van der Waals surface area contributed by atoms with Gasteiger partial charge in [-0.05, 0) is 49.5 Å². The molecule has 0 bridgehead atoms. The molecule has 1 saturated heterocycles. The highest BCUT2D eigenvalue weighted by Crippen LogP contribution is 2.15. The number of aromatic nitrogens is 1. The Morgan fingerprint density at radius 3 is 2.70 bits per heavy atom. The third-order valence-electron chi connectivity index (χ3n) is 4.94. The van der Waals surface area contributed by atoms with Crippen molar-refractivity contribution in [3.05, 3.63) is 55.2 Å². The van der Waals surface area contributed by atoms with E-state index in [4.69, 9.17) is 4.74 Å². The Labute approximate surface area is 177 Å². The monoisotopic (exact) mass is 432 g/mol. The number of carbonyl (C=O) groups is 2. The van der Waals surface area contributed by atoms with Crippen LogP contribution in [0.25, 0.3) is 12.2 Å². The number of hydrogen-bond donors (Lipinski definition) is 0. The van der Waals surface area contributed by atoms with Gasteiger partial charge in [-0.1, -0.05) is 19.1 Å². The average molecular weight is 433 g/mol. The van der Waals surface area contributed by atoms with Crippen molar-refractivity contribution in [1.82, 2.24) is 9.47 Å². The maximum atomic E-state index is 13.2. The number of likely N-dealkylation sites (tertiary alicyclic amines) is 1. The zero-order valence-electron chi connectivity index (χ0n) is 17.1. The zero-order chi connectivity index (χ0) is 21.7. The lowest BCUT2D eigenvalue weighted by molar-refractivity contribution is -0.136. The summed E-state index contributed by atoms with van der Waals surface area (Å²) in [5.41, 5.74) is 0.291. The molecule has 8 heteroatoms. The normalized spacial score (nSPS) is 18.0. The lowest BCUT2D eigenvalue weighted by atomic mass is 10.0. The van der Waals surface area contributed by atoms with E-state index in [2.05, 4.69) is 6.92 Å². The Morgan fingerprint density at radius 2 is 2.03 bits per heavy atom. The van der Waals surface area contributed by atoms with E-state index in [-0.39, 0.29) is 30.4 Å². The molecule has 1 fully saturated rings. The predicted octanol–water partition coefficient (Wildman–Crippen LogP) is 1.48. The molecule has 0 spiro atoms. The molecule has 2 aromatic rings. The number of benzene rings is 1. The number of amides is 1. The number of halogens is 1. The molecule has 1 aromatic heterocycles. The van der Waals surface area contributed by atoms with Crippen LogP contribution in [-0.4, -0.2) is 41.0 Å². The molecule has 1 aliphatic heterocycles. The van der Waals surface area contributed by atoms with E-state index in [1.165, 1.54) is 22.8 Å². The molecule has 6 nitrogen and oxygen atoms in total. The van der Waals surface area contributed by atoms with Crippen LogP contribution in [0.5, 0.6) is 0 Å². The van der Waals surface area contributed by atoms with Gasteiger partial charge in [0.25, 0.3) is 5.56 Å². The van der Waals surface area contributed by atoms with Crippen molar-refractivity contribution in [2.45, 2.75) is 33.2 Å². The number of nitrogens with zero attached hydrogens (tertiary/aromatic N) is 2. The standard InChI is InChI=1S/C22H25FN2O4S/c1-3-29-21(27)12-20-25(14-19(26)24-10-4-5-15(2)13-24)22(28)18(30-20)11-16-6-8-17(23)9-7-16/h6-9,11-12,15H,3-5,10,13-14H2,1-2H3/b18-11-,20-12-. The van der Waals surface area contributed by atoms with Gasteiger partial charge < -0.3 is 9.64 Å². The van der Waals surface area contributed by atoms with Crippen LogP contribution in [0.1, 0.15) is 32.3 Å². The molecular formula is C22H25FN2O4S. The van der Waals surface area contributed by atoms with Crippen molar-refractivity contribution >= 4 is 35.4 Å². The summed E-state index contributed by atoms with van der Waals surface area (Å²) in [5.74, 6) is -0.656. The second-order valence-electron chi connectivity index (χ2n) is 7.38. The van der Waals surface area contributed by atoms with Crippen LogP contribution in [0.4, 0.5) is 4.39 Å². The summed E-state index contributed by atoms with van der Waals surface area (Å²) in [6.07, 6.45) is 4.89. The van der Waals surface area contributed by atoms with E-state index in [1.54, 1.807) is 30.0 Å². The largest absolute Gasteiger partial charge is 0.463 e. The van der Waals surface area contributed by atoms with Gasteiger partial charge in [-0.2, -0.15) is 0 Å². The maximum Gasteiger partial charge on any atom is 0.333 e. The van der Waals surface area contributed by atoms with Crippen molar-refractivity contribution in [2.75, 3.05) is 19.7 Å². The Bertz CT molecular complexity index is 1090. The van der Waals surface area contributed by atoms with Crippen molar-refractivity contribution in [2.24, 2.45) is 5.92 Å². The van der Waals surface area contributed by atoms with Gasteiger partial charge in [-0.15, -0.1) is 11.3 Å². The molecule has 3 rings (SSSR count). The van der Waals surface area contributed by atoms with Crippen molar-refractivity contribution < 1.29 is 18.7 Å². The van der Waals surface area contributed by atoms with Gasteiger partial charge in [-0.3, -0.25) is 14.2 Å². The molecule has 0 aliphatic carbocycles. The van der Waals surface area contributed by atoms with E-state index in [0.29, 0.717) is 33.8 Å². The fraction of sp³-hybridized carbons (Fsp3) is 0.409. The Kier molecular flexibility index (Phi) is 7.20. The lowest BCUT2D eigenvalue weighted by Gasteiger charge is -2.31. The van der Waals surface area contributed by atoms with Crippen LogP contribution in [0.15, 0.2) is 29.1 Å². The Hall–Kier alpha value is -2.74. The van der Waals surface area contributed by atoms with E-state index >= 15 is 0 Å². The molecule has 1 aliphatic rings. The number of esters is 1. The van der Waals surface area contributed by atoms with Crippen molar-refractivity contribution in [3.63, 3.8) is 0 Å². The predicted molar refractivity (Wildman–Crippen MR) is 114 cm³/mol. The fourth-order valence-corrected chi connectivity index (χ4v) is 4.47. The van der Waals surface area contributed by atoms with Gasteiger partial charge in [0, 0.05) is 13.1 Å². The smallest absolute Gasteiger partial charge is 0.333 e. The van der Waals surface area contributed by atoms with Gasteiger partial charge in [0.15, 0.2) is 0 Å². The number of thiazole rings is 1. The van der Waals surface area contributed by atoms with Crippen molar-refractivity contribution in [1.29, 1.82) is 0 Å². The van der Waals surface area contributed by atoms with Crippen LogP contribution >= 0.6 is 11.3 Å². The molecule has 30 heavy (non-hydrogen) atoms. The molecule has 1 aromatic carbocycles. The Morgan fingerprint density at radius 1 is 1.30 bits per heavy atom. The van der Waals surface area contributed by atoms with Gasteiger partial charge >= 0.3 is 5.97 Å². The van der Waals surface area contributed by atoms with Crippen LogP contribution in [0.3, 0.4) is 0 Å². The summed E-state index contributed by atoms with van der Waals surface area (Å²) in [7, 11) is 0. The summed E-state index contributed by atoms with van der Waals surface area (Å²) >= 11 is 1.10. The van der Waals surface area contributed by atoms with Gasteiger partial charge in [-0.25, -0.2) is 9.18 Å². The number of ether oxygens (including phenoxy) is 1. The van der Waals surface area contributed by atoms with E-state index in [1.807, 2.05) is 0 Å². The molecule has 0 saturated carbocycles. The second kappa shape index (κ2) is 9.84. The van der Waals surface area contributed by atoms with Gasteiger partial charge in [0.2, 0.25) is 5.91 Å². The first-order valence-electron chi connectivity index (χ1n) is 10.0. The Balaban J connectivity index is 2.00. The summed E-state index contributed by atoms with van der Waals surface area (Å²) < 4.78 is 20.2. The number of piperidine rings is 1. The molecular weight excluding hydrogens is 407 g/mol. The minimum atomic E-state index is -0.570. The summed E-state index contributed by atoms with van der Waals surface area (Å²) in [6, 6.07) is 5.75. The van der Waals surface area contributed by atoms with Crippen LogP contribution in [0.2, 0.25) is 0 Å². The summed E-state index contributed by atoms with van der Waals surface area (Å²) in [6.45, 7) is 5.22. The molecule has 0 radical (unpaired) electrons. The van der Waals surface area contributed by atoms with Crippen LogP contribution in [0, 0.1) is 11.7 Å². The topological polar surface area (TPSA) is 68.6 Å². The van der Waals surface area contributed by atoms with Crippen LogP contribution < -0.4 is 14.8 Å².